The van der Waals surface area contributed by atoms with Crippen LogP contribution in [-0.2, 0) is 16.0 Å². The summed E-state index contributed by atoms with van der Waals surface area (Å²) in [6, 6.07) is 6.13. The number of carboxylic acid groups (broad SMARTS) is 1. The smallest absolute Gasteiger partial charge is 0.308 e. The zero-order chi connectivity index (χ0) is 16.6. The minimum atomic E-state index is -0.808. The minimum Gasteiger partial charge on any atom is -0.481 e. The quantitative estimate of drug-likeness (QED) is 0.915. The van der Waals surface area contributed by atoms with Gasteiger partial charge in [-0.1, -0.05) is 12.1 Å². The fraction of sp³-hybridized carbons (Fsp3) is 0.444. The average molecular weight is 314 g/mol. The minimum absolute atomic E-state index is 0.00704. The van der Waals surface area contributed by atoms with Crippen molar-refractivity contribution in [3.8, 4) is 0 Å². The van der Waals surface area contributed by atoms with Crippen LogP contribution in [0.2, 0.25) is 0 Å². The molecule has 2 aromatic rings. The molecule has 2 unspecified atom stereocenters. The highest BCUT2D eigenvalue weighted by Gasteiger charge is 2.32. The Kier molecular flexibility index (Phi) is 4.11. The van der Waals surface area contributed by atoms with Crippen molar-refractivity contribution in [3.63, 3.8) is 0 Å². The Labute approximate surface area is 135 Å². The van der Waals surface area contributed by atoms with Crippen LogP contribution in [0.5, 0.6) is 0 Å². The number of aromatic amines is 1. The monoisotopic (exact) mass is 314 g/mol. The maximum Gasteiger partial charge on any atom is 0.308 e. The van der Waals surface area contributed by atoms with Crippen LogP contribution in [-0.4, -0.2) is 39.5 Å². The molecule has 122 valence electrons. The number of amides is 1. The van der Waals surface area contributed by atoms with Gasteiger partial charge in [-0.25, -0.2) is 0 Å². The molecule has 2 atom stereocenters. The molecule has 1 fully saturated rings. The number of carbonyl (C=O) groups is 2. The normalized spacial score (nSPS) is 21.6. The van der Waals surface area contributed by atoms with E-state index in [-0.39, 0.29) is 11.9 Å². The predicted octanol–water partition coefficient (Wildman–Crippen LogP) is 2.73. The van der Waals surface area contributed by atoms with E-state index in [4.69, 9.17) is 0 Å². The summed E-state index contributed by atoms with van der Waals surface area (Å²) >= 11 is 0. The zero-order valence-electron chi connectivity index (χ0n) is 13.5. The van der Waals surface area contributed by atoms with Gasteiger partial charge in [0.2, 0.25) is 5.91 Å². The van der Waals surface area contributed by atoms with Crippen LogP contribution in [0.25, 0.3) is 10.9 Å². The lowest BCUT2D eigenvalue weighted by Crippen LogP contribution is -2.47. The summed E-state index contributed by atoms with van der Waals surface area (Å²) in [5.41, 5.74) is 3.15. The molecule has 1 saturated heterocycles. The number of nitrogens with one attached hydrogen (secondary N) is 1. The molecule has 5 nitrogen and oxygen atoms in total. The number of benzene rings is 1. The van der Waals surface area contributed by atoms with Crippen LogP contribution in [0, 0.1) is 12.8 Å². The van der Waals surface area contributed by atoms with Crippen LogP contribution in [0.1, 0.15) is 30.9 Å². The first-order chi connectivity index (χ1) is 11.0. The van der Waals surface area contributed by atoms with E-state index in [1.165, 1.54) is 0 Å². The number of nitrogens with zero attached hydrogens (tertiary/aromatic N) is 1. The zero-order valence-corrected chi connectivity index (χ0v) is 13.5. The molecule has 1 amide bonds. The van der Waals surface area contributed by atoms with Gasteiger partial charge in [0.15, 0.2) is 0 Å². The van der Waals surface area contributed by atoms with E-state index in [0.717, 1.165) is 28.5 Å². The standard InChI is InChI=1S/C18H22N2O3/c1-11-4-3-5-15-17(11)14(9-19-15)8-16(21)20-10-13(18(22)23)7-6-12(20)2/h3-5,9,12-13,19H,6-8,10H2,1-2H3,(H,22,23). The number of aryl methyl sites for hydroxylation is 1. The average Bonchev–Trinajstić information content (AvgIpc) is 2.91. The first-order valence-electron chi connectivity index (χ1n) is 8.05. The molecule has 23 heavy (non-hydrogen) atoms. The van der Waals surface area contributed by atoms with E-state index in [0.29, 0.717) is 19.4 Å². The molecule has 2 heterocycles. The molecular weight excluding hydrogens is 292 g/mol. The molecular formula is C18H22N2O3. The third-order valence-corrected chi connectivity index (χ3v) is 4.89. The second-order valence-electron chi connectivity index (χ2n) is 6.50. The highest BCUT2D eigenvalue weighted by molar-refractivity contribution is 5.91. The Morgan fingerprint density at radius 2 is 2.13 bits per heavy atom. The molecule has 0 radical (unpaired) electrons. The van der Waals surface area contributed by atoms with Crippen molar-refractivity contribution in [1.82, 2.24) is 9.88 Å². The molecule has 1 aliphatic heterocycles. The van der Waals surface area contributed by atoms with Crippen molar-refractivity contribution in [2.45, 2.75) is 39.2 Å². The van der Waals surface area contributed by atoms with Gasteiger partial charge in [0, 0.05) is 29.7 Å². The van der Waals surface area contributed by atoms with E-state index in [1.54, 1.807) is 4.90 Å². The first kappa shape index (κ1) is 15.6. The summed E-state index contributed by atoms with van der Waals surface area (Å²) in [6.07, 6.45) is 3.59. The van der Waals surface area contributed by atoms with E-state index >= 15 is 0 Å². The van der Waals surface area contributed by atoms with Crippen LogP contribution in [0.3, 0.4) is 0 Å². The van der Waals surface area contributed by atoms with Crippen molar-refractivity contribution < 1.29 is 14.7 Å². The van der Waals surface area contributed by atoms with Crippen molar-refractivity contribution in [3.05, 3.63) is 35.5 Å². The SMILES string of the molecule is Cc1cccc2[nH]cc(CC(=O)N3CC(C(=O)O)CCC3C)c12. The summed E-state index contributed by atoms with van der Waals surface area (Å²) in [4.78, 5) is 28.9. The lowest BCUT2D eigenvalue weighted by molar-refractivity contribution is -0.146. The number of aliphatic carboxylic acids is 1. The summed E-state index contributed by atoms with van der Waals surface area (Å²) in [6.45, 7) is 4.35. The first-order valence-corrected chi connectivity index (χ1v) is 8.05. The van der Waals surface area contributed by atoms with E-state index < -0.39 is 11.9 Å². The van der Waals surface area contributed by atoms with Gasteiger partial charge >= 0.3 is 5.97 Å². The molecule has 0 bridgehead atoms. The van der Waals surface area contributed by atoms with Crippen LogP contribution in [0.15, 0.2) is 24.4 Å². The second-order valence-corrected chi connectivity index (χ2v) is 6.50. The predicted molar refractivity (Wildman–Crippen MR) is 88.3 cm³/mol. The van der Waals surface area contributed by atoms with E-state index in [2.05, 4.69) is 4.98 Å². The number of hydrogen-bond acceptors (Lipinski definition) is 2. The second kappa shape index (κ2) is 6.07. The Bertz CT molecular complexity index is 750. The molecule has 1 aromatic heterocycles. The van der Waals surface area contributed by atoms with E-state index in [1.807, 2.05) is 38.2 Å². The highest BCUT2D eigenvalue weighted by atomic mass is 16.4. The van der Waals surface area contributed by atoms with Gasteiger partial charge in [-0.15, -0.1) is 0 Å². The molecule has 3 rings (SSSR count). The number of fused-ring (bicyclic) bond motifs is 1. The Morgan fingerprint density at radius 3 is 2.87 bits per heavy atom. The highest BCUT2D eigenvalue weighted by Crippen LogP contribution is 2.26. The summed E-state index contributed by atoms with van der Waals surface area (Å²) < 4.78 is 0. The van der Waals surface area contributed by atoms with Crippen molar-refractivity contribution >= 4 is 22.8 Å². The van der Waals surface area contributed by atoms with Crippen molar-refractivity contribution in [1.29, 1.82) is 0 Å². The van der Waals surface area contributed by atoms with Gasteiger partial charge in [-0.3, -0.25) is 9.59 Å². The molecule has 5 heteroatoms. The molecule has 1 aliphatic rings. The van der Waals surface area contributed by atoms with Gasteiger partial charge in [-0.05, 0) is 43.9 Å². The number of rotatable bonds is 3. The van der Waals surface area contributed by atoms with Gasteiger partial charge in [0.25, 0.3) is 0 Å². The van der Waals surface area contributed by atoms with Gasteiger partial charge in [0.05, 0.1) is 12.3 Å². The fourth-order valence-corrected chi connectivity index (χ4v) is 3.51. The lowest BCUT2D eigenvalue weighted by atomic mass is 9.93. The van der Waals surface area contributed by atoms with Gasteiger partial charge < -0.3 is 15.0 Å². The maximum absolute atomic E-state index is 12.7. The molecule has 1 aromatic carbocycles. The maximum atomic E-state index is 12.7. The Hall–Kier alpha value is -2.30. The van der Waals surface area contributed by atoms with Crippen LogP contribution < -0.4 is 0 Å². The summed E-state index contributed by atoms with van der Waals surface area (Å²) in [5, 5.41) is 10.3. The largest absolute Gasteiger partial charge is 0.481 e. The van der Waals surface area contributed by atoms with Crippen LogP contribution >= 0.6 is 0 Å². The number of carboxylic acids is 1. The number of hydrogen-bond donors (Lipinski definition) is 2. The third-order valence-electron chi connectivity index (χ3n) is 4.89. The Morgan fingerprint density at radius 1 is 1.35 bits per heavy atom. The number of piperidine rings is 1. The molecule has 0 aliphatic carbocycles. The number of carbonyl (C=O) groups excluding carboxylic acids is 1. The van der Waals surface area contributed by atoms with E-state index in [9.17, 15) is 14.7 Å². The topological polar surface area (TPSA) is 73.4 Å². The van der Waals surface area contributed by atoms with Crippen molar-refractivity contribution in [2.24, 2.45) is 5.92 Å². The third kappa shape index (κ3) is 2.96. The molecule has 0 spiro atoms. The molecule has 2 N–H and O–H groups in total. The number of aromatic nitrogens is 1. The van der Waals surface area contributed by atoms with Crippen LogP contribution in [0.4, 0.5) is 0 Å². The van der Waals surface area contributed by atoms with Gasteiger partial charge in [0.1, 0.15) is 0 Å². The number of H-pyrrole nitrogens is 1. The summed E-state index contributed by atoms with van der Waals surface area (Å²) in [7, 11) is 0. The van der Waals surface area contributed by atoms with Crippen molar-refractivity contribution in [2.75, 3.05) is 6.54 Å². The lowest BCUT2D eigenvalue weighted by Gasteiger charge is -2.36. The van der Waals surface area contributed by atoms with Gasteiger partial charge in [-0.2, -0.15) is 0 Å². The number of likely N-dealkylation sites (tertiary alicyclic amines) is 1. The molecule has 0 saturated carbocycles. The summed E-state index contributed by atoms with van der Waals surface area (Å²) in [5.74, 6) is -1.25. The Balaban J connectivity index is 1.81. The fourth-order valence-electron chi connectivity index (χ4n) is 3.51.